The quantitative estimate of drug-likeness (QED) is 0.606. The van der Waals surface area contributed by atoms with Crippen molar-refractivity contribution in [3.05, 3.63) is 47.8 Å². The molecule has 29 heavy (non-hydrogen) atoms. The predicted molar refractivity (Wildman–Crippen MR) is 107 cm³/mol. The van der Waals surface area contributed by atoms with Crippen molar-refractivity contribution in [3.63, 3.8) is 0 Å². The van der Waals surface area contributed by atoms with Gasteiger partial charge in [0.15, 0.2) is 0 Å². The minimum atomic E-state index is -3.86. The van der Waals surface area contributed by atoms with E-state index in [1.165, 1.54) is 12.1 Å². The molecule has 4 rings (SSSR count). The lowest BCUT2D eigenvalue weighted by molar-refractivity contribution is 0.0995. The molecule has 0 saturated heterocycles. The first-order valence-corrected chi connectivity index (χ1v) is 10.9. The summed E-state index contributed by atoms with van der Waals surface area (Å²) < 4.78 is 30.1. The third kappa shape index (κ3) is 3.73. The van der Waals surface area contributed by atoms with E-state index >= 15 is 0 Å². The average molecular weight is 414 g/mol. The second kappa shape index (κ2) is 7.20. The third-order valence-electron chi connectivity index (χ3n) is 5.02. The highest BCUT2D eigenvalue weighted by atomic mass is 32.2. The average Bonchev–Trinajstić information content (AvgIpc) is 3.47. The number of nitrogens with two attached hydrogens (primary N) is 1. The lowest BCUT2D eigenvalue weighted by Crippen LogP contribution is -2.29. The van der Waals surface area contributed by atoms with Crippen LogP contribution in [0.5, 0.6) is 0 Å². The van der Waals surface area contributed by atoms with Crippen LogP contribution >= 0.6 is 0 Å². The SMILES string of the molecule is CCn1c(C(C)NS(=O)(=O)c2ccc(C(N)=O)nc2)nc2cnc(C3CC3)cc21. The highest BCUT2D eigenvalue weighted by Crippen LogP contribution is 2.39. The summed E-state index contributed by atoms with van der Waals surface area (Å²) >= 11 is 0. The Morgan fingerprint density at radius 2 is 2.07 bits per heavy atom. The zero-order chi connectivity index (χ0) is 20.8. The van der Waals surface area contributed by atoms with Gasteiger partial charge in [0.25, 0.3) is 5.91 Å². The van der Waals surface area contributed by atoms with Gasteiger partial charge in [-0.2, -0.15) is 0 Å². The van der Waals surface area contributed by atoms with Crippen molar-refractivity contribution < 1.29 is 13.2 Å². The number of pyridine rings is 2. The molecule has 3 aromatic rings. The second-order valence-corrected chi connectivity index (χ2v) is 8.89. The maximum Gasteiger partial charge on any atom is 0.267 e. The zero-order valence-corrected chi connectivity index (χ0v) is 17.0. The van der Waals surface area contributed by atoms with E-state index in [4.69, 9.17) is 5.73 Å². The van der Waals surface area contributed by atoms with Crippen molar-refractivity contribution in [1.29, 1.82) is 0 Å². The molecular formula is C19H22N6O3S. The van der Waals surface area contributed by atoms with Gasteiger partial charge < -0.3 is 10.3 Å². The Hall–Kier alpha value is -2.85. The number of imidazole rings is 1. The number of rotatable bonds is 7. The minimum Gasteiger partial charge on any atom is -0.364 e. The number of hydrogen-bond acceptors (Lipinski definition) is 6. The molecule has 152 valence electrons. The maximum absolute atomic E-state index is 12.7. The molecule has 0 radical (unpaired) electrons. The topological polar surface area (TPSA) is 133 Å². The van der Waals surface area contributed by atoms with Gasteiger partial charge in [0.05, 0.1) is 17.8 Å². The van der Waals surface area contributed by atoms with Crippen LogP contribution in [0.25, 0.3) is 11.0 Å². The van der Waals surface area contributed by atoms with E-state index < -0.39 is 22.0 Å². The molecule has 3 N–H and O–H groups in total. The molecule has 3 heterocycles. The van der Waals surface area contributed by atoms with Crippen molar-refractivity contribution in [1.82, 2.24) is 24.2 Å². The Labute approximate surface area is 168 Å². The van der Waals surface area contributed by atoms with Gasteiger partial charge in [-0.05, 0) is 44.9 Å². The maximum atomic E-state index is 12.7. The van der Waals surface area contributed by atoms with E-state index in [1.54, 1.807) is 13.1 Å². The van der Waals surface area contributed by atoms with E-state index in [1.807, 2.05) is 11.5 Å². The fraction of sp³-hybridized carbons (Fsp3) is 0.368. The molecule has 3 aromatic heterocycles. The molecule has 0 aliphatic heterocycles. The molecule has 0 aromatic carbocycles. The third-order valence-corrected chi connectivity index (χ3v) is 6.54. The fourth-order valence-electron chi connectivity index (χ4n) is 3.37. The summed E-state index contributed by atoms with van der Waals surface area (Å²) in [5.41, 5.74) is 7.91. The molecule has 1 aliphatic rings. The number of fused-ring (bicyclic) bond motifs is 1. The van der Waals surface area contributed by atoms with Crippen LogP contribution in [0, 0.1) is 0 Å². The van der Waals surface area contributed by atoms with Gasteiger partial charge in [0.2, 0.25) is 10.0 Å². The number of amides is 1. The Balaban J connectivity index is 1.64. The van der Waals surface area contributed by atoms with Gasteiger partial charge in [-0.15, -0.1) is 0 Å². The number of primary amides is 1. The summed E-state index contributed by atoms with van der Waals surface area (Å²) in [6.45, 7) is 4.39. The van der Waals surface area contributed by atoms with Crippen molar-refractivity contribution in [2.24, 2.45) is 5.73 Å². The smallest absolute Gasteiger partial charge is 0.267 e. The van der Waals surface area contributed by atoms with Crippen LogP contribution in [-0.4, -0.2) is 33.8 Å². The van der Waals surface area contributed by atoms with Crippen molar-refractivity contribution >= 4 is 27.0 Å². The van der Waals surface area contributed by atoms with Crippen molar-refractivity contribution in [2.75, 3.05) is 0 Å². The van der Waals surface area contributed by atoms with Crippen molar-refractivity contribution in [3.8, 4) is 0 Å². The lowest BCUT2D eigenvalue weighted by atomic mass is 10.2. The molecular weight excluding hydrogens is 392 g/mol. The molecule has 9 nitrogen and oxygen atoms in total. The molecule has 10 heteroatoms. The molecule has 1 atom stereocenters. The van der Waals surface area contributed by atoms with Gasteiger partial charge >= 0.3 is 0 Å². The first kappa shape index (κ1) is 19.5. The Bertz CT molecular complexity index is 1180. The van der Waals surface area contributed by atoms with E-state index in [-0.39, 0.29) is 10.6 Å². The monoisotopic (exact) mass is 414 g/mol. The summed E-state index contributed by atoms with van der Waals surface area (Å²) in [7, 11) is -3.86. The molecule has 0 bridgehead atoms. The minimum absolute atomic E-state index is 0.00346. The van der Waals surface area contributed by atoms with Crippen LogP contribution in [0.4, 0.5) is 0 Å². The number of carbonyl (C=O) groups excluding carboxylic acids is 1. The number of sulfonamides is 1. The van der Waals surface area contributed by atoms with Crippen LogP contribution in [-0.2, 0) is 16.6 Å². The van der Waals surface area contributed by atoms with Gasteiger partial charge in [0, 0.05) is 24.4 Å². The zero-order valence-electron chi connectivity index (χ0n) is 16.2. The first-order chi connectivity index (χ1) is 13.8. The standard InChI is InChI=1S/C19H22N6O3S/c1-3-25-17-8-15(12-4-5-12)22-10-16(17)23-19(25)11(2)24-29(27,28)13-6-7-14(18(20)26)21-9-13/h6-12,24H,3-5H2,1-2H3,(H2,20,26). The lowest BCUT2D eigenvalue weighted by Gasteiger charge is -2.15. The van der Waals surface area contributed by atoms with Crippen LogP contribution < -0.4 is 10.5 Å². The predicted octanol–water partition coefficient (Wildman–Crippen LogP) is 1.86. The number of aromatic nitrogens is 4. The summed E-state index contributed by atoms with van der Waals surface area (Å²) in [5.74, 6) is 0.420. The second-order valence-electron chi connectivity index (χ2n) is 7.17. The highest BCUT2D eigenvalue weighted by molar-refractivity contribution is 7.89. The molecule has 1 aliphatic carbocycles. The number of hydrogen-bond donors (Lipinski definition) is 2. The molecule has 1 amide bonds. The van der Waals surface area contributed by atoms with Gasteiger partial charge in [-0.3, -0.25) is 9.78 Å². The summed E-state index contributed by atoms with van der Waals surface area (Å²) in [5, 5.41) is 0. The van der Waals surface area contributed by atoms with E-state index in [0.717, 1.165) is 35.8 Å². The van der Waals surface area contributed by atoms with E-state index in [2.05, 4.69) is 25.7 Å². The Morgan fingerprint density at radius 1 is 1.31 bits per heavy atom. The van der Waals surface area contributed by atoms with Gasteiger partial charge in [-0.25, -0.2) is 23.1 Å². The Kier molecular flexibility index (Phi) is 4.83. The van der Waals surface area contributed by atoms with Gasteiger partial charge in [0.1, 0.15) is 21.9 Å². The molecule has 1 unspecified atom stereocenters. The van der Waals surface area contributed by atoms with Crippen LogP contribution in [0.3, 0.4) is 0 Å². The van der Waals surface area contributed by atoms with Crippen molar-refractivity contribution in [2.45, 2.75) is 50.1 Å². The largest absolute Gasteiger partial charge is 0.364 e. The summed E-state index contributed by atoms with van der Waals surface area (Å²) in [6.07, 6.45) is 5.19. The summed E-state index contributed by atoms with van der Waals surface area (Å²) in [4.78, 5) is 24.0. The van der Waals surface area contributed by atoms with Crippen LogP contribution in [0.1, 0.15) is 60.7 Å². The van der Waals surface area contributed by atoms with Crippen LogP contribution in [0.15, 0.2) is 35.5 Å². The highest BCUT2D eigenvalue weighted by Gasteiger charge is 2.27. The Morgan fingerprint density at radius 3 is 2.66 bits per heavy atom. The van der Waals surface area contributed by atoms with E-state index in [9.17, 15) is 13.2 Å². The number of carbonyl (C=O) groups is 1. The molecule has 0 spiro atoms. The van der Waals surface area contributed by atoms with E-state index in [0.29, 0.717) is 18.3 Å². The number of nitrogens with zero attached hydrogens (tertiary/aromatic N) is 4. The summed E-state index contributed by atoms with van der Waals surface area (Å²) in [6, 6.07) is 4.07. The first-order valence-electron chi connectivity index (χ1n) is 9.44. The normalized spacial score (nSPS) is 15.5. The molecule has 1 saturated carbocycles. The number of aryl methyl sites for hydroxylation is 1. The van der Waals surface area contributed by atoms with Gasteiger partial charge in [-0.1, -0.05) is 0 Å². The fourth-order valence-corrected chi connectivity index (χ4v) is 4.51. The van der Waals surface area contributed by atoms with Crippen LogP contribution in [0.2, 0.25) is 0 Å². The number of nitrogens with one attached hydrogen (secondary N) is 1. The molecule has 1 fully saturated rings.